The number of thiophene rings is 1. The summed E-state index contributed by atoms with van der Waals surface area (Å²) < 4.78 is 0. The van der Waals surface area contributed by atoms with E-state index in [1.165, 1.54) is 17.5 Å². The van der Waals surface area contributed by atoms with Gasteiger partial charge in [-0.2, -0.15) is 5.10 Å². The van der Waals surface area contributed by atoms with E-state index in [0.717, 1.165) is 16.9 Å². The lowest BCUT2D eigenvalue weighted by Gasteiger charge is -1.99. The van der Waals surface area contributed by atoms with Crippen LogP contribution in [0.3, 0.4) is 0 Å². The molecule has 4 nitrogen and oxygen atoms in total. The van der Waals surface area contributed by atoms with Crippen molar-refractivity contribution in [3.63, 3.8) is 0 Å². The van der Waals surface area contributed by atoms with Gasteiger partial charge in [-0.3, -0.25) is 5.10 Å². The fraction of sp³-hybridized carbons (Fsp3) is 0.200. The van der Waals surface area contributed by atoms with E-state index in [1.54, 1.807) is 0 Å². The van der Waals surface area contributed by atoms with E-state index in [-0.39, 0.29) is 5.56 Å². The van der Waals surface area contributed by atoms with E-state index in [2.05, 4.69) is 10.2 Å². The number of nitrogens with zero attached hydrogens (tertiary/aromatic N) is 1. The topological polar surface area (TPSA) is 66.0 Å². The number of aromatic nitrogens is 2. The Hall–Kier alpha value is -1.62. The Labute approximate surface area is 90.6 Å². The molecule has 15 heavy (non-hydrogen) atoms. The molecule has 0 unspecified atom stereocenters. The summed E-state index contributed by atoms with van der Waals surface area (Å²) in [6.07, 6.45) is 2.23. The number of aryl methyl sites for hydroxylation is 1. The third-order valence-electron chi connectivity index (χ3n) is 2.22. The quantitative estimate of drug-likeness (QED) is 0.838. The van der Waals surface area contributed by atoms with Gasteiger partial charge in [-0.1, -0.05) is 6.92 Å². The maximum absolute atomic E-state index is 10.9. The van der Waals surface area contributed by atoms with E-state index < -0.39 is 5.97 Å². The number of rotatable bonds is 3. The number of aromatic carboxylic acids is 1. The molecule has 0 atom stereocenters. The zero-order valence-electron chi connectivity index (χ0n) is 8.15. The molecule has 78 valence electrons. The van der Waals surface area contributed by atoms with E-state index in [9.17, 15) is 4.79 Å². The normalized spacial score (nSPS) is 10.5. The molecular formula is C10H10N2O2S. The lowest BCUT2D eigenvalue weighted by atomic mass is 10.1. The molecule has 0 amide bonds. The van der Waals surface area contributed by atoms with Gasteiger partial charge in [-0.15, -0.1) is 11.3 Å². The summed E-state index contributed by atoms with van der Waals surface area (Å²) >= 11 is 1.53. The fourth-order valence-electron chi connectivity index (χ4n) is 1.45. The van der Waals surface area contributed by atoms with Crippen LogP contribution >= 0.6 is 11.3 Å². The van der Waals surface area contributed by atoms with Crippen molar-refractivity contribution in [1.29, 1.82) is 0 Å². The van der Waals surface area contributed by atoms with Crippen LogP contribution in [0, 0.1) is 0 Å². The lowest BCUT2D eigenvalue weighted by Crippen LogP contribution is -1.96. The second-order valence-corrected chi connectivity index (χ2v) is 4.01. The highest BCUT2D eigenvalue weighted by Crippen LogP contribution is 2.30. The van der Waals surface area contributed by atoms with Crippen LogP contribution in [0.4, 0.5) is 0 Å². The largest absolute Gasteiger partial charge is 0.478 e. The van der Waals surface area contributed by atoms with Gasteiger partial charge < -0.3 is 5.11 Å². The molecule has 0 spiro atoms. The van der Waals surface area contributed by atoms with Gasteiger partial charge >= 0.3 is 5.97 Å². The smallest absolute Gasteiger partial charge is 0.339 e. The van der Waals surface area contributed by atoms with E-state index in [0.29, 0.717) is 5.69 Å². The molecule has 0 bridgehead atoms. The predicted molar refractivity (Wildman–Crippen MR) is 58.2 cm³/mol. The second-order valence-electron chi connectivity index (χ2n) is 3.09. The molecule has 0 fully saturated rings. The summed E-state index contributed by atoms with van der Waals surface area (Å²) in [5.74, 6) is -0.950. The maximum atomic E-state index is 10.9. The van der Waals surface area contributed by atoms with Crippen molar-refractivity contribution in [2.24, 2.45) is 0 Å². The fourth-order valence-corrected chi connectivity index (χ4v) is 2.46. The molecule has 0 radical (unpaired) electrons. The van der Waals surface area contributed by atoms with Gasteiger partial charge in [0.15, 0.2) is 0 Å². The number of hydrogen-bond donors (Lipinski definition) is 2. The molecule has 0 saturated heterocycles. The van der Waals surface area contributed by atoms with Crippen molar-refractivity contribution >= 4 is 17.3 Å². The number of carboxylic acid groups (broad SMARTS) is 1. The van der Waals surface area contributed by atoms with Gasteiger partial charge in [0.1, 0.15) is 5.56 Å². The summed E-state index contributed by atoms with van der Waals surface area (Å²) in [5.41, 5.74) is 1.98. The Balaban J connectivity index is 2.54. The summed E-state index contributed by atoms with van der Waals surface area (Å²) in [6.45, 7) is 2.04. The first kappa shape index (κ1) is 9.92. The van der Waals surface area contributed by atoms with Crippen molar-refractivity contribution in [2.45, 2.75) is 13.3 Å². The zero-order chi connectivity index (χ0) is 10.8. The van der Waals surface area contributed by atoms with Gasteiger partial charge in [0, 0.05) is 0 Å². The Bertz CT molecular complexity index is 487. The minimum absolute atomic E-state index is 0.229. The average Bonchev–Trinajstić information content (AvgIpc) is 2.85. The number of carboxylic acids is 1. The van der Waals surface area contributed by atoms with Gasteiger partial charge in [-0.05, 0) is 23.4 Å². The highest BCUT2D eigenvalue weighted by atomic mass is 32.1. The predicted octanol–water partition coefficient (Wildman–Crippen LogP) is 2.40. The standard InChI is InChI=1S/C10H10N2O2S/c1-2-6-3-4-15-9(6)8-7(10(13)14)5-11-12-8/h3-5H,2H2,1H3,(H,11,12)(H,13,14). The molecule has 2 aromatic heterocycles. The highest BCUT2D eigenvalue weighted by Gasteiger charge is 2.16. The van der Waals surface area contributed by atoms with Crippen molar-refractivity contribution in [3.8, 4) is 10.6 Å². The highest BCUT2D eigenvalue weighted by molar-refractivity contribution is 7.13. The number of aromatic amines is 1. The van der Waals surface area contributed by atoms with Crippen LogP contribution in [-0.2, 0) is 6.42 Å². The molecule has 0 aromatic carbocycles. The van der Waals surface area contributed by atoms with E-state index in [4.69, 9.17) is 5.11 Å². The van der Waals surface area contributed by atoms with Crippen LogP contribution in [0.5, 0.6) is 0 Å². The minimum Gasteiger partial charge on any atom is -0.478 e. The molecular weight excluding hydrogens is 212 g/mol. The first-order chi connectivity index (χ1) is 7.24. The van der Waals surface area contributed by atoms with Gasteiger partial charge in [0.2, 0.25) is 0 Å². The average molecular weight is 222 g/mol. The van der Waals surface area contributed by atoms with Crippen molar-refractivity contribution in [3.05, 3.63) is 28.8 Å². The molecule has 2 rings (SSSR count). The number of H-pyrrole nitrogens is 1. The zero-order valence-corrected chi connectivity index (χ0v) is 8.97. The van der Waals surface area contributed by atoms with E-state index >= 15 is 0 Å². The Kier molecular flexibility index (Phi) is 2.55. The summed E-state index contributed by atoms with van der Waals surface area (Å²) in [7, 11) is 0. The van der Waals surface area contributed by atoms with Gasteiger partial charge in [-0.25, -0.2) is 4.79 Å². The first-order valence-corrected chi connectivity index (χ1v) is 5.45. The second kappa shape index (κ2) is 3.86. The van der Waals surface area contributed by atoms with Crippen molar-refractivity contribution in [1.82, 2.24) is 10.2 Å². The van der Waals surface area contributed by atoms with Crippen molar-refractivity contribution < 1.29 is 9.90 Å². The summed E-state index contributed by atoms with van der Waals surface area (Å²) in [4.78, 5) is 11.9. The van der Waals surface area contributed by atoms with Crippen LogP contribution in [0.25, 0.3) is 10.6 Å². The third-order valence-corrected chi connectivity index (χ3v) is 3.20. The van der Waals surface area contributed by atoms with Crippen molar-refractivity contribution in [2.75, 3.05) is 0 Å². The maximum Gasteiger partial charge on any atom is 0.339 e. The Morgan fingerprint density at radius 1 is 1.67 bits per heavy atom. The first-order valence-electron chi connectivity index (χ1n) is 4.57. The summed E-state index contributed by atoms with van der Waals surface area (Å²) in [6, 6.07) is 2.01. The summed E-state index contributed by atoms with van der Waals surface area (Å²) in [5, 5.41) is 17.4. The molecule has 2 aromatic rings. The molecule has 0 aliphatic rings. The van der Waals surface area contributed by atoms with Gasteiger partial charge in [0.25, 0.3) is 0 Å². The number of nitrogens with one attached hydrogen (secondary N) is 1. The molecule has 0 aliphatic carbocycles. The monoisotopic (exact) mass is 222 g/mol. The third kappa shape index (κ3) is 1.66. The molecule has 2 heterocycles. The Morgan fingerprint density at radius 3 is 3.13 bits per heavy atom. The SMILES string of the molecule is CCc1ccsc1-c1[nH]ncc1C(=O)O. The van der Waals surface area contributed by atoms with Crippen LogP contribution in [0.15, 0.2) is 17.6 Å². The number of carbonyl (C=O) groups is 1. The van der Waals surface area contributed by atoms with Crippen LogP contribution < -0.4 is 0 Å². The lowest BCUT2D eigenvalue weighted by molar-refractivity contribution is 0.0698. The van der Waals surface area contributed by atoms with Gasteiger partial charge in [0.05, 0.1) is 16.8 Å². The number of hydrogen-bond acceptors (Lipinski definition) is 3. The molecule has 5 heteroatoms. The van der Waals surface area contributed by atoms with E-state index in [1.807, 2.05) is 18.4 Å². The van der Waals surface area contributed by atoms with Crippen LogP contribution in [0.2, 0.25) is 0 Å². The molecule has 2 N–H and O–H groups in total. The molecule has 0 aliphatic heterocycles. The van der Waals surface area contributed by atoms with Crippen LogP contribution in [-0.4, -0.2) is 21.3 Å². The Morgan fingerprint density at radius 2 is 2.47 bits per heavy atom. The minimum atomic E-state index is -0.950. The van der Waals surface area contributed by atoms with Crippen LogP contribution in [0.1, 0.15) is 22.8 Å². The molecule has 0 saturated carbocycles.